The van der Waals surface area contributed by atoms with Crippen molar-refractivity contribution >= 4 is 5.69 Å². The van der Waals surface area contributed by atoms with Crippen molar-refractivity contribution in [2.75, 3.05) is 5.32 Å². The lowest BCUT2D eigenvalue weighted by molar-refractivity contribution is 0.452. The Morgan fingerprint density at radius 1 is 1.09 bits per heavy atom. The highest BCUT2D eigenvalue weighted by Gasteiger charge is 2.28. The summed E-state index contributed by atoms with van der Waals surface area (Å²) in [5, 5.41) is 18.4. The molecule has 4 heteroatoms. The van der Waals surface area contributed by atoms with Gasteiger partial charge in [-0.05, 0) is 31.5 Å². The Kier molecular flexibility index (Phi) is 2.73. The molecule has 4 rings (SSSR count). The second-order valence-electron chi connectivity index (χ2n) is 5.72. The number of rotatable bonds is 1. The Labute approximate surface area is 129 Å². The van der Waals surface area contributed by atoms with Crippen molar-refractivity contribution in [2.24, 2.45) is 0 Å². The van der Waals surface area contributed by atoms with E-state index in [9.17, 15) is 5.11 Å². The maximum atomic E-state index is 10.2. The van der Waals surface area contributed by atoms with E-state index in [0.717, 1.165) is 28.2 Å². The van der Waals surface area contributed by atoms with Crippen LogP contribution in [0.3, 0.4) is 0 Å². The minimum Gasteiger partial charge on any atom is -0.508 e. The fourth-order valence-corrected chi connectivity index (χ4v) is 3.11. The Hall–Kier alpha value is -2.75. The lowest BCUT2D eigenvalue weighted by atomic mass is 10.0. The zero-order valence-corrected chi connectivity index (χ0v) is 12.5. The topological polar surface area (TPSA) is 50.1 Å². The molecular weight excluding hydrogens is 274 g/mol. The van der Waals surface area contributed by atoms with Crippen LogP contribution in [0, 0.1) is 13.8 Å². The predicted molar refractivity (Wildman–Crippen MR) is 87.0 cm³/mol. The highest BCUT2D eigenvalue weighted by Crippen LogP contribution is 2.41. The van der Waals surface area contributed by atoms with Crippen LogP contribution in [0.2, 0.25) is 0 Å². The van der Waals surface area contributed by atoms with Crippen molar-refractivity contribution in [1.29, 1.82) is 0 Å². The van der Waals surface area contributed by atoms with Gasteiger partial charge >= 0.3 is 0 Å². The number of fused-ring (bicyclic) bond motifs is 3. The third kappa shape index (κ3) is 1.80. The van der Waals surface area contributed by atoms with Crippen LogP contribution in [0.5, 0.6) is 5.75 Å². The summed E-state index contributed by atoms with van der Waals surface area (Å²) >= 11 is 0. The van der Waals surface area contributed by atoms with Gasteiger partial charge in [-0.1, -0.05) is 36.4 Å². The van der Waals surface area contributed by atoms with Crippen molar-refractivity contribution in [3.05, 3.63) is 65.4 Å². The van der Waals surface area contributed by atoms with E-state index in [-0.39, 0.29) is 11.9 Å². The molecule has 0 bridgehead atoms. The van der Waals surface area contributed by atoms with Gasteiger partial charge in [0.15, 0.2) is 6.17 Å². The number of aromatic nitrogens is 2. The summed E-state index contributed by atoms with van der Waals surface area (Å²) in [4.78, 5) is 0. The molecule has 3 aromatic rings. The fraction of sp³-hybridized carbons (Fsp3) is 0.167. The molecule has 0 radical (unpaired) electrons. The summed E-state index contributed by atoms with van der Waals surface area (Å²) in [6, 6.07) is 15.7. The molecule has 0 saturated carbocycles. The summed E-state index contributed by atoms with van der Waals surface area (Å²) in [7, 11) is 0. The van der Waals surface area contributed by atoms with Gasteiger partial charge in [0.25, 0.3) is 0 Å². The van der Waals surface area contributed by atoms with Gasteiger partial charge in [0.2, 0.25) is 0 Å². The van der Waals surface area contributed by atoms with Crippen LogP contribution in [0.15, 0.2) is 48.5 Å². The molecule has 4 nitrogen and oxygen atoms in total. The highest BCUT2D eigenvalue weighted by molar-refractivity contribution is 5.81. The molecule has 1 aromatic heterocycles. The Morgan fingerprint density at radius 3 is 2.73 bits per heavy atom. The van der Waals surface area contributed by atoms with Gasteiger partial charge in [0.05, 0.1) is 11.4 Å². The normalized spacial score (nSPS) is 15.8. The number of benzene rings is 2. The molecule has 0 aliphatic carbocycles. The first-order valence-electron chi connectivity index (χ1n) is 7.36. The van der Waals surface area contributed by atoms with E-state index in [1.54, 1.807) is 6.07 Å². The molecule has 0 amide bonds. The molecule has 1 unspecified atom stereocenters. The van der Waals surface area contributed by atoms with Gasteiger partial charge in [0.1, 0.15) is 5.75 Å². The molecule has 110 valence electrons. The number of anilines is 1. The number of para-hydroxylation sites is 2. The van der Waals surface area contributed by atoms with E-state index in [0.29, 0.717) is 0 Å². The first-order valence-corrected chi connectivity index (χ1v) is 7.36. The second kappa shape index (κ2) is 4.63. The maximum absolute atomic E-state index is 10.2. The van der Waals surface area contributed by atoms with Crippen LogP contribution in [0.1, 0.15) is 23.0 Å². The molecule has 2 heterocycles. The van der Waals surface area contributed by atoms with E-state index >= 15 is 0 Å². The van der Waals surface area contributed by atoms with E-state index in [4.69, 9.17) is 0 Å². The van der Waals surface area contributed by atoms with E-state index in [2.05, 4.69) is 41.6 Å². The number of phenolic OH excluding ortho intramolecular Hbond substituents is 1. The van der Waals surface area contributed by atoms with Crippen molar-refractivity contribution in [1.82, 2.24) is 9.78 Å². The van der Waals surface area contributed by atoms with Gasteiger partial charge in [-0.25, -0.2) is 4.68 Å². The Balaban J connectivity index is 1.97. The first kappa shape index (κ1) is 13.0. The third-order valence-corrected chi connectivity index (χ3v) is 4.16. The molecule has 1 aliphatic heterocycles. The lowest BCUT2D eigenvalue weighted by Gasteiger charge is -2.30. The van der Waals surface area contributed by atoms with Gasteiger partial charge in [0, 0.05) is 16.8 Å². The smallest absolute Gasteiger partial charge is 0.150 e. The summed E-state index contributed by atoms with van der Waals surface area (Å²) in [6.07, 6.45) is -0.210. The minimum absolute atomic E-state index is 0.210. The number of aryl methyl sites for hydroxylation is 2. The van der Waals surface area contributed by atoms with Gasteiger partial charge in [-0.15, -0.1) is 0 Å². The minimum atomic E-state index is -0.210. The van der Waals surface area contributed by atoms with Crippen molar-refractivity contribution < 1.29 is 5.11 Å². The quantitative estimate of drug-likeness (QED) is 0.716. The standard InChI is InChI=1S/C18H17N3O/c1-11-6-5-8-13-15-10-12(2)20-21(15)18(19-17(11)13)14-7-3-4-9-16(14)22/h3-10,18-19,22H,1-2H3. The van der Waals surface area contributed by atoms with Crippen LogP contribution >= 0.6 is 0 Å². The first-order chi connectivity index (χ1) is 10.6. The predicted octanol–water partition coefficient (Wildman–Crippen LogP) is 3.84. The van der Waals surface area contributed by atoms with Gasteiger partial charge in [-0.2, -0.15) is 5.10 Å². The summed E-state index contributed by atoms with van der Waals surface area (Å²) in [5.74, 6) is 0.274. The summed E-state index contributed by atoms with van der Waals surface area (Å²) < 4.78 is 1.95. The maximum Gasteiger partial charge on any atom is 0.150 e. The van der Waals surface area contributed by atoms with Crippen molar-refractivity contribution in [2.45, 2.75) is 20.0 Å². The molecule has 0 saturated heterocycles. The Morgan fingerprint density at radius 2 is 1.91 bits per heavy atom. The number of nitrogens with one attached hydrogen (secondary N) is 1. The number of hydrogen-bond acceptors (Lipinski definition) is 3. The van der Waals surface area contributed by atoms with E-state index < -0.39 is 0 Å². The average molecular weight is 291 g/mol. The summed E-state index contributed by atoms with van der Waals surface area (Å²) in [6.45, 7) is 4.08. The van der Waals surface area contributed by atoms with E-state index in [1.807, 2.05) is 29.8 Å². The zero-order chi connectivity index (χ0) is 15.3. The number of nitrogens with zero attached hydrogens (tertiary/aromatic N) is 2. The van der Waals surface area contributed by atoms with Crippen LogP contribution in [-0.2, 0) is 0 Å². The molecule has 2 N–H and O–H groups in total. The van der Waals surface area contributed by atoms with Crippen LogP contribution in [-0.4, -0.2) is 14.9 Å². The monoisotopic (exact) mass is 291 g/mol. The lowest BCUT2D eigenvalue weighted by Crippen LogP contribution is -2.26. The van der Waals surface area contributed by atoms with Crippen LogP contribution < -0.4 is 5.32 Å². The van der Waals surface area contributed by atoms with Crippen LogP contribution in [0.25, 0.3) is 11.3 Å². The number of phenols is 1. The van der Waals surface area contributed by atoms with Crippen LogP contribution in [0.4, 0.5) is 5.69 Å². The zero-order valence-electron chi connectivity index (χ0n) is 12.5. The average Bonchev–Trinajstić information content (AvgIpc) is 2.89. The fourth-order valence-electron chi connectivity index (χ4n) is 3.11. The largest absolute Gasteiger partial charge is 0.508 e. The molecule has 0 fully saturated rings. The molecule has 1 aliphatic rings. The van der Waals surface area contributed by atoms with Crippen molar-refractivity contribution in [3.63, 3.8) is 0 Å². The van der Waals surface area contributed by atoms with Gasteiger partial charge < -0.3 is 10.4 Å². The number of hydrogen-bond donors (Lipinski definition) is 2. The van der Waals surface area contributed by atoms with Gasteiger partial charge in [-0.3, -0.25) is 0 Å². The molecule has 1 atom stereocenters. The molecule has 2 aromatic carbocycles. The number of aromatic hydroxyl groups is 1. The highest BCUT2D eigenvalue weighted by atomic mass is 16.3. The third-order valence-electron chi connectivity index (χ3n) is 4.16. The van der Waals surface area contributed by atoms with E-state index in [1.165, 1.54) is 5.56 Å². The Bertz CT molecular complexity index is 867. The molecule has 22 heavy (non-hydrogen) atoms. The SMILES string of the molecule is Cc1cc2n(n1)C(c1ccccc1O)Nc1c(C)cccc1-2. The summed E-state index contributed by atoms with van der Waals surface area (Å²) in [5.41, 5.74) is 6.29. The van der Waals surface area contributed by atoms with Crippen molar-refractivity contribution in [3.8, 4) is 17.0 Å². The molecule has 0 spiro atoms. The second-order valence-corrected chi connectivity index (χ2v) is 5.72. The molecular formula is C18H17N3O.